The number of hydrogen-bond acceptors (Lipinski definition) is 4. The van der Waals surface area contributed by atoms with Crippen molar-refractivity contribution < 1.29 is 4.79 Å². The highest BCUT2D eigenvalue weighted by molar-refractivity contribution is 5.94. The smallest absolute Gasteiger partial charge is 0.324 e. The standard InChI is InChI=1S/C19H18N4O2/c1-13-8-6-7-11-16(13)21-18(24)14(2)23-19(25)22-17(12-20-23)15-9-4-3-5-10-15/h3-12,14H,1-2H3,(H,21,24). The molecule has 0 saturated heterocycles. The van der Waals surface area contributed by atoms with Gasteiger partial charge < -0.3 is 5.32 Å². The second-order valence-corrected chi connectivity index (χ2v) is 5.71. The van der Waals surface area contributed by atoms with Crippen LogP contribution < -0.4 is 11.0 Å². The van der Waals surface area contributed by atoms with Gasteiger partial charge >= 0.3 is 5.69 Å². The number of hydrogen-bond donors (Lipinski definition) is 1. The van der Waals surface area contributed by atoms with Gasteiger partial charge in [-0.1, -0.05) is 48.5 Å². The number of carbonyl (C=O) groups is 1. The number of nitrogens with zero attached hydrogens (tertiary/aromatic N) is 3. The van der Waals surface area contributed by atoms with Crippen LogP contribution in [0.2, 0.25) is 0 Å². The molecule has 2 aromatic carbocycles. The lowest BCUT2D eigenvalue weighted by Gasteiger charge is -2.15. The molecule has 1 amide bonds. The fourth-order valence-corrected chi connectivity index (χ4v) is 2.42. The average Bonchev–Trinajstić information content (AvgIpc) is 2.63. The molecule has 6 heteroatoms. The molecular formula is C19H18N4O2. The quantitative estimate of drug-likeness (QED) is 0.796. The number of rotatable bonds is 4. The summed E-state index contributed by atoms with van der Waals surface area (Å²) >= 11 is 0. The van der Waals surface area contributed by atoms with Crippen molar-refractivity contribution in [2.45, 2.75) is 19.9 Å². The van der Waals surface area contributed by atoms with E-state index in [1.54, 1.807) is 6.92 Å². The molecule has 0 aliphatic heterocycles. The molecule has 1 N–H and O–H groups in total. The molecule has 0 spiro atoms. The van der Waals surface area contributed by atoms with Gasteiger partial charge in [-0.3, -0.25) is 4.79 Å². The third-order valence-corrected chi connectivity index (χ3v) is 3.94. The molecule has 1 heterocycles. The lowest BCUT2D eigenvalue weighted by molar-refractivity contribution is -0.119. The van der Waals surface area contributed by atoms with Crippen LogP contribution in [0.4, 0.5) is 5.69 Å². The molecule has 25 heavy (non-hydrogen) atoms. The third-order valence-electron chi connectivity index (χ3n) is 3.94. The van der Waals surface area contributed by atoms with E-state index in [0.29, 0.717) is 11.4 Å². The van der Waals surface area contributed by atoms with Gasteiger partial charge in [0, 0.05) is 11.3 Å². The van der Waals surface area contributed by atoms with Crippen molar-refractivity contribution in [2.24, 2.45) is 0 Å². The van der Waals surface area contributed by atoms with Gasteiger partial charge in [0.15, 0.2) is 0 Å². The maximum absolute atomic E-state index is 12.4. The Kier molecular flexibility index (Phi) is 4.70. The largest absolute Gasteiger partial charge is 0.365 e. The van der Waals surface area contributed by atoms with Crippen LogP contribution in [-0.4, -0.2) is 20.7 Å². The van der Waals surface area contributed by atoms with E-state index in [9.17, 15) is 9.59 Å². The third kappa shape index (κ3) is 3.63. The minimum absolute atomic E-state index is 0.321. The summed E-state index contributed by atoms with van der Waals surface area (Å²) in [6, 6.07) is 16.0. The SMILES string of the molecule is Cc1ccccc1NC(=O)C(C)n1ncc(-c2ccccc2)nc1=O. The van der Waals surface area contributed by atoms with Crippen LogP contribution in [0.3, 0.4) is 0 Å². The van der Waals surface area contributed by atoms with Crippen LogP contribution in [0, 0.1) is 6.92 Å². The molecule has 1 aromatic heterocycles. The molecule has 0 aliphatic rings. The van der Waals surface area contributed by atoms with E-state index < -0.39 is 11.7 Å². The zero-order valence-electron chi connectivity index (χ0n) is 14.0. The van der Waals surface area contributed by atoms with Gasteiger partial charge in [-0.25, -0.2) is 9.48 Å². The number of carbonyl (C=O) groups excluding carboxylic acids is 1. The number of anilines is 1. The highest BCUT2D eigenvalue weighted by Gasteiger charge is 2.19. The molecule has 126 valence electrons. The fraction of sp³-hybridized carbons (Fsp3) is 0.158. The van der Waals surface area contributed by atoms with Crippen LogP contribution >= 0.6 is 0 Å². The maximum Gasteiger partial charge on any atom is 0.365 e. The zero-order chi connectivity index (χ0) is 17.8. The number of nitrogens with one attached hydrogen (secondary N) is 1. The Morgan fingerprint density at radius 1 is 1.08 bits per heavy atom. The first-order chi connectivity index (χ1) is 12.1. The van der Waals surface area contributed by atoms with Crippen molar-refractivity contribution in [3.8, 4) is 11.3 Å². The van der Waals surface area contributed by atoms with Gasteiger partial charge in [-0.05, 0) is 25.5 Å². The van der Waals surface area contributed by atoms with Crippen LogP contribution in [0.5, 0.6) is 0 Å². The Labute approximate surface area is 145 Å². The molecule has 0 fully saturated rings. The summed E-state index contributed by atoms with van der Waals surface area (Å²) < 4.78 is 1.08. The molecule has 1 unspecified atom stereocenters. The predicted octanol–water partition coefficient (Wildman–Crippen LogP) is 2.81. The number of amides is 1. The number of aryl methyl sites for hydroxylation is 1. The van der Waals surface area contributed by atoms with Gasteiger partial charge in [0.25, 0.3) is 0 Å². The average molecular weight is 334 g/mol. The molecule has 1 atom stereocenters. The Morgan fingerprint density at radius 2 is 1.76 bits per heavy atom. The van der Waals surface area contributed by atoms with Crippen molar-refractivity contribution in [1.82, 2.24) is 14.8 Å². The molecule has 0 saturated carbocycles. The van der Waals surface area contributed by atoms with E-state index in [1.165, 1.54) is 6.20 Å². The van der Waals surface area contributed by atoms with E-state index >= 15 is 0 Å². The monoisotopic (exact) mass is 334 g/mol. The molecular weight excluding hydrogens is 316 g/mol. The Hall–Kier alpha value is -3.28. The molecule has 0 radical (unpaired) electrons. The number of aromatic nitrogens is 3. The first kappa shape index (κ1) is 16.6. The fourth-order valence-electron chi connectivity index (χ4n) is 2.42. The van der Waals surface area contributed by atoms with E-state index in [2.05, 4.69) is 15.4 Å². The van der Waals surface area contributed by atoms with E-state index in [0.717, 1.165) is 15.8 Å². The van der Waals surface area contributed by atoms with E-state index in [-0.39, 0.29) is 5.91 Å². The maximum atomic E-state index is 12.4. The first-order valence-corrected chi connectivity index (χ1v) is 7.94. The van der Waals surface area contributed by atoms with Gasteiger partial charge in [0.05, 0.1) is 11.9 Å². The summed E-state index contributed by atoms with van der Waals surface area (Å²) in [4.78, 5) is 28.8. The Balaban J connectivity index is 1.83. The molecule has 0 aliphatic carbocycles. The highest BCUT2D eigenvalue weighted by atomic mass is 16.2. The summed E-state index contributed by atoms with van der Waals surface area (Å²) in [6.45, 7) is 3.52. The summed E-state index contributed by atoms with van der Waals surface area (Å²) in [5, 5.41) is 6.94. The molecule has 3 aromatic rings. The second kappa shape index (κ2) is 7.09. The van der Waals surface area contributed by atoms with Gasteiger partial charge in [0.1, 0.15) is 6.04 Å². The van der Waals surface area contributed by atoms with Crippen molar-refractivity contribution in [1.29, 1.82) is 0 Å². The first-order valence-electron chi connectivity index (χ1n) is 7.94. The Morgan fingerprint density at radius 3 is 2.44 bits per heavy atom. The lowest BCUT2D eigenvalue weighted by Crippen LogP contribution is -2.35. The minimum Gasteiger partial charge on any atom is -0.324 e. The summed E-state index contributed by atoms with van der Waals surface area (Å²) in [7, 11) is 0. The van der Waals surface area contributed by atoms with Crippen LogP contribution in [0.25, 0.3) is 11.3 Å². The molecule has 0 bridgehead atoms. The Bertz CT molecular complexity index is 951. The molecule has 3 rings (SSSR count). The summed E-state index contributed by atoms with van der Waals surface area (Å²) in [5.41, 5.74) is 2.38. The van der Waals surface area contributed by atoms with Crippen molar-refractivity contribution in [3.05, 3.63) is 76.8 Å². The number of benzene rings is 2. The molecule has 6 nitrogen and oxygen atoms in total. The van der Waals surface area contributed by atoms with Crippen LogP contribution in [0.1, 0.15) is 18.5 Å². The second-order valence-electron chi connectivity index (χ2n) is 5.71. The van der Waals surface area contributed by atoms with E-state index in [4.69, 9.17) is 0 Å². The normalized spacial score (nSPS) is 11.8. The lowest BCUT2D eigenvalue weighted by atomic mass is 10.2. The van der Waals surface area contributed by atoms with Crippen molar-refractivity contribution in [3.63, 3.8) is 0 Å². The van der Waals surface area contributed by atoms with E-state index in [1.807, 2.05) is 61.5 Å². The highest BCUT2D eigenvalue weighted by Crippen LogP contribution is 2.16. The zero-order valence-corrected chi connectivity index (χ0v) is 14.0. The van der Waals surface area contributed by atoms with Crippen LogP contribution in [0.15, 0.2) is 65.6 Å². The van der Waals surface area contributed by atoms with Gasteiger partial charge in [0.2, 0.25) is 5.91 Å². The van der Waals surface area contributed by atoms with Gasteiger partial charge in [-0.15, -0.1) is 0 Å². The summed E-state index contributed by atoms with van der Waals surface area (Å²) in [5.74, 6) is -0.321. The minimum atomic E-state index is -0.774. The predicted molar refractivity (Wildman–Crippen MR) is 96.2 cm³/mol. The topological polar surface area (TPSA) is 76.9 Å². The van der Waals surface area contributed by atoms with Gasteiger partial charge in [-0.2, -0.15) is 10.1 Å². The van der Waals surface area contributed by atoms with Crippen molar-refractivity contribution in [2.75, 3.05) is 5.32 Å². The van der Waals surface area contributed by atoms with Crippen molar-refractivity contribution >= 4 is 11.6 Å². The van der Waals surface area contributed by atoms with Crippen LogP contribution in [-0.2, 0) is 4.79 Å². The number of para-hydroxylation sites is 1. The summed E-state index contributed by atoms with van der Waals surface area (Å²) in [6.07, 6.45) is 1.49.